The lowest BCUT2D eigenvalue weighted by Crippen LogP contribution is -2.14. The van der Waals surface area contributed by atoms with Crippen molar-refractivity contribution in [1.29, 1.82) is 0 Å². The van der Waals surface area contributed by atoms with Gasteiger partial charge < -0.3 is 0 Å². The maximum absolute atomic E-state index is 4.30. The van der Waals surface area contributed by atoms with Crippen LogP contribution < -0.4 is 0 Å². The number of benzene rings is 1. The fourth-order valence-electron chi connectivity index (χ4n) is 1.79. The van der Waals surface area contributed by atoms with Crippen LogP contribution in [0.25, 0.3) is 0 Å². The normalized spacial score (nSPS) is 13.1. The predicted octanol–water partition coefficient (Wildman–Crippen LogP) is 3.94. The van der Waals surface area contributed by atoms with Gasteiger partial charge in [0.05, 0.1) is 6.54 Å². The van der Waals surface area contributed by atoms with Crippen molar-refractivity contribution in [2.75, 3.05) is 0 Å². The largest absolute Gasteiger partial charge is 0.288 e. The van der Waals surface area contributed by atoms with Gasteiger partial charge in [0.25, 0.3) is 0 Å². The van der Waals surface area contributed by atoms with Crippen molar-refractivity contribution in [2.24, 2.45) is 4.99 Å². The molecule has 0 spiro atoms. The number of rotatable bonds is 0. The molecule has 1 heteroatoms. The topological polar surface area (TPSA) is 12.4 Å². The van der Waals surface area contributed by atoms with E-state index in [2.05, 4.69) is 44.0 Å². The molecule has 1 heterocycles. The molecule has 0 unspecified atom stereocenters. The second kappa shape index (κ2) is 4.61. The highest BCUT2D eigenvalue weighted by Gasteiger charge is 2.20. The average Bonchev–Trinajstić information content (AvgIpc) is 2.66. The number of hydrogen-bond acceptors (Lipinski definition) is 1. The molecule has 82 valence electrons. The summed E-state index contributed by atoms with van der Waals surface area (Å²) in [6, 6.07) is 6.50. The van der Waals surface area contributed by atoms with Gasteiger partial charge in [0, 0.05) is 11.8 Å². The van der Waals surface area contributed by atoms with E-state index in [0.717, 1.165) is 6.54 Å². The van der Waals surface area contributed by atoms with Crippen LogP contribution in [-0.2, 0) is 12.0 Å². The fraction of sp³-hybridized carbons (Fsp3) is 0.500. The molecule has 0 aliphatic carbocycles. The summed E-state index contributed by atoms with van der Waals surface area (Å²) >= 11 is 0. The van der Waals surface area contributed by atoms with Gasteiger partial charge >= 0.3 is 0 Å². The van der Waals surface area contributed by atoms with Crippen LogP contribution >= 0.6 is 0 Å². The Bertz CT molecular complexity index is 356. The van der Waals surface area contributed by atoms with E-state index >= 15 is 0 Å². The molecule has 0 fully saturated rings. The Morgan fingerprint density at radius 1 is 1.13 bits per heavy atom. The zero-order valence-electron chi connectivity index (χ0n) is 10.5. The zero-order chi connectivity index (χ0) is 11.5. The lowest BCUT2D eigenvalue weighted by atomic mass is 9.83. The lowest BCUT2D eigenvalue weighted by molar-refractivity contribution is 0.589. The molecule has 1 nitrogen and oxygen atoms in total. The molecular weight excluding hydrogens is 182 g/mol. The molecular formula is C14H21N. The van der Waals surface area contributed by atoms with E-state index in [-0.39, 0.29) is 5.41 Å². The summed E-state index contributed by atoms with van der Waals surface area (Å²) in [6.45, 7) is 11.6. The van der Waals surface area contributed by atoms with E-state index < -0.39 is 0 Å². The third kappa shape index (κ3) is 2.47. The third-order valence-corrected chi connectivity index (χ3v) is 2.49. The maximum atomic E-state index is 4.30. The first-order valence-electron chi connectivity index (χ1n) is 5.71. The van der Waals surface area contributed by atoms with E-state index in [9.17, 15) is 0 Å². The monoisotopic (exact) mass is 203 g/mol. The molecule has 15 heavy (non-hydrogen) atoms. The van der Waals surface area contributed by atoms with Crippen molar-refractivity contribution < 1.29 is 0 Å². The van der Waals surface area contributed by atoms with Gasteiger partial charge in [-0.25, -0.2) is 0 Å². The molecule has 1 aromatic rings. The molecule has 0 saturated carbocycles. The van der Waals surface area contributed by atoms with Crippen LogP contribution in [0.4, 0.5) is 0 Å². The quantitative estimate of drug-likeness (QED) is 0.605. The first-order chi connectivity index (χ1) is 7.09. The van der Waals surface area contributed by atoms with Crippen molar-refractivity contribution in [3.05, 3.63) is 34.9 Å². The van der Waals surface area contributed by atoms with Crippen molar-refractivity contribution in [2.45, 2.75) is 46.6 Å². The second-order valence-electron chi connectivity index (χ2n) is 4.60. The van der Waals surface area contributed by atoms with E-state index in [4.69, 9.17) is 0 Å². The maximum Gasteiger partial charge on any atom is 0.0646 e. The SMILES string of the molecule is CC.CC(C)(C)c1cccc2c1C=NC2. The zero-order valence-corrected chi connectivity index (χ0v) is 10.5. The molecule has 0 amide bonds. The highest BCUT2D eigenvalue weighted by atomic mass is 14.7. The van der Waals surface area contributed by atoms with Crippen LogP contribution in [0.1, 0.15) is 51.3 Å². The summed E-state index contributed by atoms with van der Waals surface area (Å²) in [5, 5.41) is 0. The molecule has 2 rings (SSSR count). The number of fused-ring (bicyclic) bond motifs is 1. The molecule has 1 aliphatic rings. The fourth-order valence-corrected chi connectivity index (χ4v) is 1.79. The molecule has 1 aliphatic heterocycles. The second-order valence-corrected chi connectivity index (χ2v) is 4.60. The van der Waals surface area contributed by atoms with Crippen molar-refractivity contribution in [3.8, 4) is 0 Å². The summed E-state index contributed by atoms with van der Waals surface area (Å²) in [5.41, 5.74) is 4.34. The number of nitrogens with zero attached hydrogens (tertiary/aromatic N) is 1. The Morgan fingerprint density at radius 3 is 2.40 bits per heavy atom. The Morgan fingerprint density at radius 2 is 1.80 bits per heavy atom. The van der Waals surface area contributed by atoms with Crippen LogP contribution in [0.5, 0.6) is 0 Å². The third-order valence-electron chi connectivity index (χ3n) is 2.49. The summed E-state index contributed by atoms with van der Waals surface area (Å²) in [7, 11) is 0. The predicted molar refractivity (Wildman–Crippen MR) is 67.8 cm³/mol. The smallest absolute Gasteiger partial charge is 0.0646 e. The molecule has 0 atom stereocenters. The highest BCUT2D eigenvalue weighted by Crippen LogP contribution is 2.29. The summed E-state index contributed by atoms with van der Waals surface area (Å²) in [4.78, 5) is 4.30. The molecule has 0 N–H and O–H groups in total. The van der Waals surface area contributed by atoms with Crippen LogP contribution in [0.15, 0.2) is 23.2 Å². The van der Waals surface area contributed by atoms with Crippen molar-refractivity contribution in [3.63, 3.8) is 0 Å². The summed E-state index contributed by atoms with van der Waals surface area (Å²) in [5.74, 6) is 0. The number of hydrogen-bond donors (Lipinski definition) is 0. The van der Waals surface area contributed by atoms with Gasteiger partial charge in [-0.3, -0.25) is 4.99 Å². The van der Waals surface area contributed by atoms with Crippen LogP contribution in [-0.4, -0.2) is 6.21 Å². The minimum Gasteiger partial charge on any atom is -0.288 e. The van der Waals surface area contributed by atoms with Crippen molar-refractivity contribution >= 4 is 6.21 Å². The first-order valence-corrected chi connectivity index (χ1v) is 5.71. The Kier molecular flexibility index (Phi) is 3.67. The van der Waals surface area contributed by atoms with Gasteiger partial charge in [0.2, 0.25) is 0 Å². The standard InChI is InChI=1S/C12H15N.C2H6/c1-12(2,3)11-6-4-5-9-7-13-8-10(9)11;1-2/h4-6,8H,7H2,1-3H3;1-2H3. The molecule has 0 bridgehead atoms. The molecule has 1 aromatic carbocycles. The average molecular weight is 203 g/mol. The van der Waals surface area contributed by atoms with Crippen LogP contribution in [0.2, 0.25) is 0 Å². The summed E-state index contributed by atoms with van der Waals surface area (Å²) in [6.07, 6.45) is 2.01. The minimum absolute atomic E-state index is 0.224. The Hall–Kier alpha value is -1.11. The van der Waals surface area contributed by atoms with Gasteiger partial charge in [-0.2, -0.15) is 0 Å². The van der Waals surface area contributed by atoms with Crippen LogP contribution in [0, 0.1) is 0 Å². The van der Waals surface area contributed by atoms with Gasteiger partial charge in [-0.15, -0.1) is 0 Å². The van der Waals surface area contributed by atoms with E-state index in [1.165, 1.54) is 16.7 Å². The van der Waals surface area contributed by atoms with Gasteiger partial charge in [-0.05, 0) is 16.5 Å². The Balaban J connectivity index is 0.000000531. The van der Waals surface area contributed by atoms with Crippen molar-refractivity contribution in [1.82, 2.24) is 0 Å². The van der Waals surface area contributed by atoms with Gasteiger partial charge in [0.15, 0.2) is 0 Å². The Labute approximate surface area is 93.2 Å². The highest BCUT2D eigenvalue weighted by molar-refractivity contribution is 5.86. The number of aliphatic imine (C=N–C) groups is 1. The van der Waals surface area contributed by atoms with Gasteiger partial charge in [0.1, 0.15) is 0 Å². The van der Waals surface area contributed by atoms with E-state index in [1.54, 1.807) is 0 Å². The minimum atomic E-state index is 0.224. The summed E-state index contributed by atoms with van der Waals surface area (Å²) < 4.78 is 0. The van der Waals surface area contributed by atoms with E-state index in [0.29, 0.717) is 0 Å². The van der Waals surface area contributed by atoms with Crippen LogP contribution in [0.3, 0.4) is 0 Å². The first kappa shape index (κ1) is 12.0. The molecule has 0 saturated heterocycles. The molecule has 0 aromatic heterocycles. The molecule has 0 radical (unpaired) electrons. The van der Waals surface area contributed by atoms with E-state index in [1.807, 2.05) is 20.1 Å². The lowest BCUT2D eigenvalue weighted by Gasteiger charge is -2.21. The van der Waals surface area contributed by atoms with Gasteiger partial charge in [-0.1, -0.05) is 52.8 Å².